The third-order valence-electron chi connectivity index (χ3n) is 1.45. The number of thioether (sulfide) groups is 1. The zero-order chi connectivity index (χ0) is 11.3. The normalized spacial score (nSPS) is 9.60. The van der Waals surface area contributed by atoms with E-state index in [-0.39, 0.29) is 10.9 Å². The predicted molar refractivity (Wildman–Crippen MR) is 57.6 cm³/mol. The smallest absolute Gasteiger partial charge is 0.274 e. The van der Waals surface area contributed by atoms with Crippen molar-refractivity contribution in [2.24, 2.45) is 5.73 Å². The second kappa shape index (κ2) is 5.20. The number of imide groups is 1. The van der Waals surface area contributed by atoms with Gasteiger partial charge in [0.1, 0.15) is 5.69 Å². The lowest BCUT2D eigenvalue weighted by Crippen LogP contribution is -2.32. The van der Waals surface area contributed by atoms with Gasteiger partial charge in [-0.05, 0) is 12.1 Å². The van der Waals surface area contributed by atoms with E-state index in [9.17, 15) is 9.59 Å². The number of nitrogens with one attached hydrogen (secondary N) is 3. The summed E-state index contributed by atoms with van der Waals surface area (Å²) >= 11 is 0.865. The SMILES string of the molecule is N=C(N)SCC(=O)NC(=O)c1ccc[nH]1. The quantitative estimate of drug-likeness (QED) is 0.426. The minimum Gasteiger partial charge on any atom is -0.379 e. The summed E-state index contributed by atoms with van der Waals surface area (Å²) in [6.07, 6.45) is 1.59. The highest BCUT2D eigenvalue weighted by atomic mass is 32.2. The van der Waals surface area contributed by atoms with Crippen molar-refractivity contribution >= 4 is 28.7 Å². The largest absolute Gasteiger partial charge is 0.379 e. The van der Waals surface area contributed by atoms with Gasteiger partial charge in [0, 0.05) is 6.20 Å². The highest BCUT2D eigenvalue weighted by molar-refractivity contribution is 8.14. The van der Waals surface area contributed by atoms with Crippen LogP contribution in [0.3, 0.4) is 0 Å². The fourth-order valence-electron chi connectivity index (χ4n) is 0.845. The van der Waals surface area contributed by atoms with Gasteiger partial charge in [0.25, 0.3) is 5.91 Å². The summed E-state index contributed by atoms with van der Waals surface area (Å²) in [4.78, 5) is 25.1. The first kappa shape index (κ1) is 11.3. The van der Waals surface area contributed by atoms with E-state index in [1.54, 1.807) is 18.3 Å². The van der Waals surface area contributed by atoms with Gasteiger partial charge >= 0.3 is 0 Å². The molecular formula is C8H10N4O2S. The summed E-state index contributed by atoms with van der Waals surface area (Å²) in [6, 6.07) is 3.21. The second-order valence-corrected chi connectivity index (χ2v) is 3.63. The van der Waals surface area contributed by atoms with E-state index in [2.05, 4.69) is 10.3 Å². The van der Waals surface area contributed by atoms with Crippen LogP contribution in [0.2, 0.25) is 0 Å². The van der Waals surface area contributed by atoms with Crippen LogP contribution in [-0.2, 0) is 4.79 Å². The molecule has 2 amide bonds. The number of carbonyl (C=O) groups is 2. The molecule has 1 aromatic rings. The third-order valence-corrected chi connectivity index (χ3v) is 2.17. The van der Waals surface area contributed by atoms with Crippen LogP contribution in [0.25, 0.3) is 0 Å². The summed E-state index contributed by atoms with van der Waals surface area (Å²) in [5, 5.41) is 8.88. The van der Waals surface area contributed by atoms with Crippen molar-refractivity contribution in [3.8, 4) is 0 Å². The molecule has 0 fully saturated rings. The number of amidine groups is 1. The Morgan fingerprint density at radius 2 is 2.33 bits per heavy atom. The Morgan fingerprint density at radius 1 is 1.60 bits per heavy atom. The molecule has 0 unspecified atom stereocenters. The lowest BCUT2D eigenvalue weighted by atomic mass is 10.4. The lowest BCUT2D eigenvalue weighted by Gasteiger charge is -2.01. The third kappa shape index (κ3) is 3.86. The summed E-state index contributed by atoms with van der Waals surface area (Å²) < 4.78 is 0. The molecule has 5 N–H and O–H groups in total. The van der Waals surface area contributed by atoms with Crippen LogP contribution < -0.4 is 11.1 Å². The maximum absolute atomic E-state index is 11.3. The highest BCUT2D eigenvalue weighted by Crippen LogP contribution is 1.98. The monoisotopic (exact) mass is 226 g/mol. The fourth-order valence-corrected chi connectivity index (χ4v) is 1.20. The number of aromatic amines is 1. The van der Waals surface area contributed by atoms with Crippen LogP contribution >= 0.6 is 11.8 Å². The van der Waals surface area contributed by atoms with Gasteiger partial charge < -0.3 is 10.7 Å². The number of hydrogen-bond acceptors (Lipinski definition) is 4. The molecule has 0 bridgehead atoms. The number of hydrogen-bond donors (Lipinski definition) is 4. The van der Waals surface area contributed by atoms with E-state index < -0.39 is 11.8 Å². The van der Waals surface area contributed by atoms with E-state index in [1.165, 1.54) is 0 Å². The molecule has 0 spiro atoms. The second-order valence-electron chi connectivity index (χ2n) is 2.61. The Balaban J connectivity index is 2.39. The van der Waals surface area contributed by atoms with Crippen molar-refractivity contribution in [3.05, 3.63) is 24.0 Å². The van der Waals surface area contributed by atoms with Crippen LogP contribution in [0, 0.1) is 5.41 Å². The zero-order valence-corrected chi connectivity index (χ0v) is 8.56. The average molecular weight is 226 g/mol. The molecule has 1 aromatic heterocycles. The van der Waals surface area contributed by atoms with E-state index in [1.807, 2.05) is 0 Å². The van der Waals surface area contributed by atoms with Crippen molar-refractivity contribution in [1.29, 1.82) is 5.41 Å². The van der Waals surface area contributed by atoms with E-state index >= 15 is 0 Å². The molecule has 0 atom stereocenters. The predicted octanol–water partition coefficient (Wildman–Crippen LogP) is -0.102. The molecular weight excluding hydrogens is 216 g/mol. The van der Waals surface area contributed by atoms with E-state index in [0.717, 1.165) is 11.8 Å². The molecule has 0 aliphatic carbocycles. The minimum absolute atomic E-state index is 0.0399. The molecule has 0 aliphatic heterocycles. The highest BCUT2D eigenvalue weighted by Gasteiger charge is 2.10. The van der Waals surface area contributed by atoms with Crippen molar-refractivity contribution < 1.29 is 9.59 Å². The van der Waals surface area contributed by atoms with Gasteiger partial charge in [0.2, 0.25) is 5.91 Å². The number of H-pyrrole nitrogens is 1. The number of aromatic nitrogens is 1. The molecule has 1 rings (SSSR count). The molecule has 0 aromatic carbocycles. The fraction of sp³-hybridized carbons (Fsp3) is 0.125. The Kier molecular flexibility index (Phi) is 3.92. The van der Waals surface area contributed by atoms with Crippen molar-refractivity contribution in [2.75, 3.05) is 5.75 Å². The molecule has 7 heteroatoms. The Bertz CT molecular complexity index is 374. The molecule has 6 nitrogen and oxygen atoms in total. The maximum Gasteiger partial charge on any atom is 0.274 e. The van der Waals surface area contributed by atoms with Gasteiger partial charge in [-0.15, -0.1) is 0 Å². The maximum atomic E-state index is 11.3. The van der Waals surface area contributed by atoms with Gasteiger partial charge in [0.15, 0.2) is 5.17 Å². The Labute approximate surface area is 90.1 Å². The molecule has 0 saturated carbocycles. The first-order chi connectivity index (χ1) is 7.09. The first-order valence-electron chi connectivity index (χ1n) is 4.04. The van der Waals surface area contributed by atoms with Crippen LogP contribution in [0.4, 0.5) is 0 Å². The van der Waals surface area contributed by atoms with Crippen LogP contribution in [0.15, 0.2) is 18.3 Å². The molecule has 1 heterocycles. The molecule has 0 aliphatic rings. The summed E-state index contributed by atoms with van der Waals surface area (Å²) in [5.41, 5.74) is 5.36. The summed E-state index contributed by atoms with van der Waals surface area (Å²) in [7, 11) is 0. The molecule has 15 heavy (non-hydrogen) atoms. The Hall–Kier alpha value is -1.76. The molecule has 0 saturated heterocycles. The first-order valence-corrected chi connectivity index (χ1v) is 5.02. The van der Waals surface area contributed by atoms with Gasteiger partial charge in [-0.1, -0.05) is 11.8 Å². The van der Waals surface area contributed by atoms with Gasteiger partial charge in [0.05, 0.1) is 5.75 Å². The van der Waals surface area contributed by atoms with Crippen LogP contribution in [0.1, 0.15) is 10.5 Å². The van der Waals surface area contributed by atoms with Crippen molar-refractivity contribution in [2.45, 2.75) is 0 Å². The van der Waals surface area contributed by atoms with Crippen molar-refractivity contribution in [1.82, 2.24) is 10.3 Å². The number of nitrogens with two attached hydrogens (primary N) is 1. The van der Waals surface area contributed by atoms with Gasteiger partial charge in [-0.2, -0.15) is 0 Å². The van der Waals surface area contributed by atoms with Gasteiger partial charge in [-0.25, -0.2) is 0 Å². The number of rotatable bonds is 3. The van der Waals surface area contributed by atoms with E-state index in [0.29, 0.717) is 5.69 Å². The topological polar surface area (TPSA) is 112 Å². The van der Waals surface area contributed by atoms with E-state index in [4.69, 9.17) is 11.1 Å². The van der Waals surface area contributed by atoms with Crippen LogP contribution in [-0.4, -0.2) is 27.7 Å². The van der Waals surface area contributed by atoms with Gasteiger partial charge in [-0.3, -0.25) is 20.3 Å². The summed E-state index contributed by atoms with van der Waals surface area (Å²) in [5.74, 6) is -1.01. The average Bonchev–Trinajstić information content (AvgIpc) is 2.67. The summed E-state index contributed by atoms with van der Waals surface area (Å²) in [6.45, 7) is 0. The van der Waals surface area contributed by atoms with Crippen LogP contribution in [0.5, 0.6) is 0 Å². The molecule has 80 valence electrons. The number of amides is 2. The molecule has 0 radical (unpaired) electrons. The lowest BCUT2D eigenvalue weighted by molar-refractivity contribution is -0.117. The Morgan fingerprint density at radius 3 is 2.87 bits per heavy atom. The zero-order valence-electron chi connectivity index (χ0n) is 7.74. The minimum atomic E-state index is -0.492. The number of carbonyl (C=O) groups excluding carboxylic acids is 2. The van der Waals surface area contributed by atoms with Crippen molar-refractivity contribution in [3.63, 3.8) is 0 Å². The standard InChI is InChI=1S/C8H10N4O2S/c9-8(10)15-4-6(13)12-7(14)5-2-1-3-11-5/h1-3,11H,4H2,(H3,9,10)(H,12,13,14).